The molecular weight excluding hydrogens is 368 g/mol. The molecule has 0 radical (unpaired) electrons. The Hall–Kier alpha value is -1.69. The fourth-order valence-corrected chi connectivity index (χ4v) is 3.72. The molecule has 1 aliphatic heterocycles. The highest BCUT2D eigenvalue weighted by Crippen LogP contribution is 2.30. The Bertz CT molecular complexity index is 762. The predicted molar refractivity (Wildman–Crippen MR) is 97.9 cm³/mol. The number of carbonyl (C=O) groups is 1. The number of aromatic nitrogens is 2. The van der Waals surface area contributed by atoms with E-state index in [9.17, 15) is 4.79 Å². The molecule has 0 bridgehead atoms. The lowest BCUT2D eigenvalue weighted by Gasteiger charge is -2.33. The van der Waals surface area contributed by atoms with Gasteiger partial charge in [0, 0.05) is 29.5 Å². The Morgan fingerprint density at radius 2 is 2.17 bits per heavy atom. The number of hydrogen-bond acceptors (Lipinski definition) is 4. The number of piperidine rings is 1. The molecule has 1 amide bonds. The molecule has 2 aromatic rings. The molecule has 126 valence electrons. The lowest BCUT2D eigenvalue weighted by molar-refractivity contribution is -0.125. The van der Waals surface area contributed by atoms with Crippen LogP contribution in [0.4, 0.5) is 5.82 Å². The summed E-state index contributed by atoms with van der Waals surface area (Å²) in [5, 5.41) is 4.16. The second-order valence-corrected chi connectivity index (χ2v) is 7.75. The van der Waals surface area contributed by atoms with Gasteiger partial charge in [-0.25, -0.2) is 9.97 Å². The Balaban J connectivity index is 1.53. The molecule has 2 fully saturated rings. The van der Waals surface area contributed by atoms with E-state index in [0.717, 1.165) is 59.6 Å². The number of nitrogens with one attached hydrogen (secondary N) is 1. The average Bonchev–Trinajstić information content (AvgIpc) is 3.43. The molecule has 0 spiro atoms. The SMILES string of the molecule is O=C(NCC1CC1)C1CCCN(c2ncnc3ccc(Br)cc23)C1. The van der Waals surface area contributed by atoms with Crippen molar-refractivity contribution in [1.29, 1.82) is 0 Å². The molecule has 1 aromatic carbocycles. The number of fused-ring (bicyclic) bond motifs is 1. The summed E-state index contributed by atoms with van der Waals surface area (Å²) in [4.78, 5) is 23.5. The molecule has 24 heavy (non-hydrogen) atoms. The first kappa shape index (κ1) is 15.8. The molecule has 2 aliphatic rings. The number of rotatable bonds is 4. The zero-order chi connectivity index (χ0) is 16.5. The number of halogens is 1. The standard InChI is InChI=1S/C18H21BrN4O/c19-14-5-6-16-15(8-14)17(22-11-21-16)23-7-1-2-13(10-23)18(24)20-9-12-3-4-12/h5-6,8,11-13H,1-4,7,9-10H2,(H,20,24). The quantitative estimate of drug-likeness (QED) is 0.873. The highest BCUT2D eigenvalue weighted by atomic mass is 79.9. The molecule has 4 rings (SSSR count). The Morgan fingerprint density at radius 1 is 1.29 bits per heavy atom. The summed E-state index contributed by atoms with van der Waals surface area (Å²) in [5.41, 5.74) is 0.934. The van der Waals surface area contributed by atoms with Gasteiger partial charge in [0.15, 0.2) is 0 Å². The summed E-state index contributed by atoms with van der Waals surface area (Å²) in [6.07, 6.45) is 6.11. The molecule has 5 nitrogen and oxygen atoms in total. The molecule has 6 heteroatoms. The van der Waals surface area contributed by atoms with Crippen LogP contribution in [0.5, 0.6) is 0 Å². The molecule has 1 aromatic heterocycles. The normalized spacial score (nSPS) is 21.0. The van der Waals surface area contributed by atoms with Crippen LogP contribution in [-0.4, -0.2) is 35.5 Å². The van der Waals surface area contributed by atoms with Gasteiger partial charge in [-0.3, -0.25) is 4.79 Å². The zero-order valence-corrected chi connectivity index (χ0v) is 15.1. The topological polar surface area (TPSA) is 58.1 Å². The van der Waals surface area contributed by atoms with Crippen LogP contribution in [0.2, 0.25) is 0 Å². The lowest BCUT2D eigenvalue weighted by atomic mass is 9.96. The molecule has 2 heterocycles. The second-order valence-electron chi connectivity index (χ2n) is 6.83. The van der Waals surface area contributed by atoms with E-state index in [1.807, 2.05) is 12.1 Å². The third kappa shape index (κ3) is 3.38. The van der Waals surface area contributed by atoms with E-state index in [4.69, 9.17) is 0 Å². The number of anilines is 1. The summed E-state index contributed by atoms with van der Waals surface area (Å²) in [6.45, 7) is 2.51. The van der Waals surface area contributed by atoms with Crippen molar-refractivity contribution in [2.75, 3.05) is 24.5 Å². The maximum absolute atomic E-state index is 12.4. The van der Waals surface area contributed by atoms with Gasteiger partial charge >= 0.3 is 0 Å². The van der Waals surface area contributed by atoms with Crippen LogP contribution in [0.3, 0.4) is 0 Å². The van der Waals surface area contributed by atoms with Gasteiger partial charge < -0.3 is 10.2 Å². The Morgan fingerprint density at radius 3 is 3.00 bits per heavy atom. The van der Waals surface area contributed by atoms with Gasteiger partial charge in [-0.1, -0.05) is 15.9 Å². The van der Waals surface area contributed by atoms with Crippen LogP contribution in [0.25, 0.3) is 10.9 Å². The number of amides is 1. The molecule has 1 saturated heterocycles. The predicted octanol–water partition coefficient (Wildman–Crippen LogP) is 3.13. The first-order chi connectivity index (χ1) is 11.7. The molecular formula is C18H21BrN4O. The highest BCUT2D eigenvalue weighted by molar-refractivity contribution is 9.10. The molecule has 1 aliphatic carbocycles. The van der Waals surface area contributed by atoms with Crippen LogP contribution in [-0.2, 0) is 4.79 Å². The van der Waals surface area contributed by atoms with Crippen LogP contribution < -0.4 is 10.2 Å². The van der Waals surface area contributed by atoms with Gasteiger partial charge in [-0.2, -0.15) is 0 Å². The first-order valence-corrected chi connectivity index (χ1v) is 9.43. The number of hydrogen-bond donors (Lipinski definition) is 1. The van der Waals surface area contributed by atoms with E-state index in [-0.39, 0.29) is 11.8 Å². The summed E-state index contributed by atoms with van der Waals surface area (Å²) < 4.78 is 1.02. The monoisotopic (exact) mass is 388 g/mol. The molecule has 1 N–H and O–H groups in total. The van der Waals surface area contributed by atoms with E-state index in [2.05, 4.69) is 42.2 Å². The molecule has 1 saturated carbocycles. The van der Waals surface area contributed by atoms with Gasteiger partial charge in [0.2, 0.25) is 5.91 Å². The lowest BCUT2D eigenvalue weighted by Crippen LogP contribution is -2.43. The van der Waals surface area contributed by atoms with Crippen molar-refractivity contribution in [3.05, 3.63) is 29.0 Å². The summed E-state index contributed by atoms with van der Waals surface area (Å²) in [6, 6.07) is 6.04. The Labute approximate surface area is 150 Å². The van der Waals surface area contributed by atoms with Gasteiger partial charge in [-0.05, 0) is 49.8 Å². The minimum atomic E-state index is 0.0506. The van der Waals surface area contributed by atoms with Gasteiger partial charge in [0.25, 0.3) is 0 Å². The van der Waals surface area contributed by atoms with Crippen molar-refractivity contribution >= 4 is 38.6 Å². The average molecular weight is 389 g/mol. The summed E-state index contributed by atoms with van der Waals surface area (Å²) in [5.74, 6) is 1.90. The minimum absolute atomic E-state index is 0.0506. The van der Waals surface area contributed by atoms with Crippen molar-refractivity contribution in [2.24, 2.45) is 11.8 Å². The fraction of sp³-hybridized carbons (Fsp3) is 0.500. The summed E-state index contributed by atoms with van der Waals surface area (Å²) in [7, 11) is 0. The van der Waals surface area contributed by atoms with Gasteiger partial charge in [0.1, 0.15) is 12.1 Å². The minimum Gasteiger partial charge on any atom is -0.356 e. The van der Waals surface area contributed by atoms with Gasteiger partial charge in [0.05, 0.1) is 11.4 Å². The van der Waals surface area contributed by atoms with Crippen molar-refractivity contribution in [3.63, 3.8) is 0 Å². The third-order valence-corrected chi connectivity index (χ3v) is 5.42. The van der Waals surface area contributed by atoms with Crippen molar-refractivity contribution < 1.29 is 4.79 Å². The second kappa shape index (κ2) is 6.67. The van der Waals surface area contributed by atoms with E-state index < -0.39 is 0 Å². The van der Waals surface area contributed by atoms with E-state index in [0.29, 0.717) is 0 Å². The Kier molecular flexibility index (Phi) is 4.39. The van der Waals surface area contributed by atoms with Crippen molar-refractivity contribution in [1.82, 2.24) is 15.3 Å². The third-order valence-electron chi connectivity index (χ3n) is 4.93. The van der Waals surface area contributed by atoms with Crippen LogP contribution in [0.15, 0.2) is 29.0 Å². The number of benzene rings is 1. The largest absolute Gasteiger partial charge is 0.356 e. The maximum Gasteiger partial charge on any atom is 0.224 e. The van der Waals surface area contributed by atoms with Crippen LogP contribution >= 0.6 is 15.9 Å². The highest BCUT2D eigenvalue weighted by Gasteiger charge is 2.29. The van der Waals surface area contributed by atoms with Crippen molar-refractivity contribution in [2.45, 2.75) is 25.7 Å². The smallest absolute Gasteiger partial charge is 0.224 e. The molecule has 1 unspecified atom stereocenters. The van der Waals surface area contributed by atoms with Gasteiger partial charge in [-0.15, -0.1) is 0 Å². The molecule has 1 atom stereocenters. The number of nitrogens with zero attached hydrogens (tertiary/aromatic N) is 3. The maximum atomic E-state index is 12.4. The fourth-order valence-electron chi connectivity index (χ4n) is 3.36. The van der Waals surface area contributed by atoms with E-state index in [1.54, 1.807) is 6.33 Å². The van der Waals surface area contributed by atoms with E-state index in [1.165, 1.54) is 12.8 Å². The van der Waals surface area contributed by atoms with Crippen LogP contribution in [0, 0.1) is 11.8 Å². The van der Waals surface area contributed by atoms with E-state index >= 15 is 0 Å². The first-order valence-electron chi connectivity index (χ1n) is 8.63. The van der Waals surface area contributed by atoms with Crippen molar-refractivity contribution in [3.8, 4) is 0 Å². The summed E-state index contributed by atoms with van der Waals surface area (Å²) >= 11 is 3.53. The number of carbonyl (C=O) groups excluding carboxylic acids is 1. The van der Waals surface area contributed by atoms with Crippen LogP contribution in [0.1, 0.15) is 25.7 Å². The zero-order valence-electron chi connectivity index (χ0n) is 13.5.